The lowest BCUT2D eigenvalue weighted by Gasteiger charge is -2.36. The highest BCUT2D eigenvalue weighted by Crippen LogP contribution is 2.25. The molecule has 0 aliphatic carbocycles. The van der Waals surface area contributed by atoms with Crippen molar-refractivity contribution < 1.29 is 0 Å². The number of nitrogens with one attached hydrogen (secondary N) is 1. The average molecular weight is 295 g/mol. The summed E-state index contributed by atoms with van der Waals surface area (Å²) in [6.07, 6.45) is 2.85. The van der Waals surface area contributed by atoms with Crippen molar-refractivity contribution in [2.75, 3.05) is 37.6 Å². The van der Waals surface area contributed by atoms with Crippen LogP contribution in [0, 0.1) is 5.41 Å². The van der Waals surface area contributed by atoms with Gasteiger partial charge in [0, 0.05) is 32.6 Å². The molecule has 1 saturated heterocycles. The Labute approximate surface area is 126 Å². The number of amidine groups is 1. The maximum absolute atomic E-state index is 7.20. The van der Waals surface area contributed by atoms with E-state index in [-0.39, 0.29) is 0 Å². The third-order valence-electron chi connectivity index (χ3n) is 3.74. The van der Waals surface area contributed by atoms with Crippen molar-refractivity contribution in [2.45, 2.75) is 19.3 Å². The van der Waals surface area contributed by atoms with Crippen LogP contribution in [0.5, 0.6) is 0 Å². The summed E-state index contributed by atoms with van der Waals surface area (Å²) in [6.45, 7) is 5.30. The van der Waals surface area contributed by atoms with Crippen LogP contribution in [0.4, 0.5) is 5.69 Å². The van der Waals surface area contributed by atoms with Gasteiger partial charge >= 0.3 is 0 Å². The first kappa shape index (κ1) is 15.1. The maximum atomic E-state index is 7.20. The molecule has 0 spiro atoms. The summed E-state index contributed by atoms with van der Waals surface area (Å²) in [7, 11) is 0. The second kappa shape index (κ2) is 7.50. The third-order valence-corrected chi connectivity index (χ3v) is 4.06. The van der Waals surface area contributed by atoms with Gasteiger partial charge in [-0.3, -0.25) is 10.3 Å². The number of hydrogen-bond acceptors (Lipinski definition) is 3. The van der Waals surface area contributed by atoms with Crippen LogP contribution in [0.2, 0.25) is 5.02 Å². The summed E-state index contributed by atoms with van der Waals surface area (Å²) in [5.41, 5.74) is 6.50. The molecule has 1 aromatic rings. The molecular weight excluding hydrogens is 272 g/mol. The van der Waals surface area contributed by atoms with Gasteiger partial charge in [0.1, 0.15) is 0 Å². The van der Waals surface area contributed by atoms with Gasteiger partial charge in [0.15, 0.2) is 0 Å². The van der Waals surface area contributed by atoms with Crippen molar-refractivity contribution in [3.8, 4) is 0 Å². The fourth-order valence-corrected chi connectivity index (χ4v) is 2.83. The topological polar surface area (TPSA) is 56.4 Å². The van der Waals surface area contributed by atoms with E-state index in [0.717, 1.165) is 62.7 Å². The molecule has 0 amide bonds. The zero-order valence-corrected chi connectivity index (χ0v) is 12.6. The summed E-state index contributed by atoms with van der Waals surface area (Å²) in [5, 5.41) is 8.04. The number of unbranched alkanes of at least 4 members (excludes halogenated alkanes) is 1. The fraction of sp³-hybridized carbons (Fsp3) is 0.533. The molecule has 0 aromatic heterocycles. The molecule has 0 radical (unpaired) electrons. The van der Waals surface area contributed by atoms with Crippen molar-refractivity contribution in [3.63, 3.8) is 0 Å². The van der Waals surface area contributed by atoms with E-state index in [1.165, 1.54) is 0 Å². The Hall–Kier alpha value is -1.26. The van der Waals surface area contributed by atoms with Crippen molar-refractivity contribution in [1.82, 2.24) is 4.90 Å². The van der Waals surface area contributed by atoms with Crippen LogP contribution in [-0.4, -0.2) is 43.5 Å². The molecule has 1 heterocycles. The molecular formula is C15H23ClN4. The number of piperazine rings is 1. The molecule has 110 valence electrons. The number of hydrogen-bond donors (Lipinski definition) is 2. The summed E-state index contributed by atoms with van der Waals surface area (Å²) < 4.78 is 0. The van der Waals surface area contributed by atoms with Gasteiger partial charge in [0.05, 0.1) is 16.5 Å². The van der Waals surface area contributed by atoms with Crippen molar-refractivity contribution >= 4 is 23.1 Å². The minimum atomic E-state index is 0.300. The van der Waals surface area contributed by atoms with E-state index in [1.54, 1.807) is 0 Å². The van der Waals surface area contributed by atoms with E-state index in [0.29, 0.717) is 5.84 Å². The Balaban J connectivity index is 1.73. The standard InChI is InChI=1S/C15H23ClN4/c16-13-5-1-2-6-14(13)20-11-9-19(10-12-20)8-4-3-7-15(17)18/h1-2,5-6H,3-4,7-12H2,(H3,17,18). The Kier molecular flexibility index (Phi) is 5.68. The number of nitrogens with zero attached hydrogens (tertiary/aromatic N) is 2. The Morgan fingerprint density at radius 3 is 2.50 bits per heavy atom. The van der Waals surface area contributed by atoms with Gasteiger partial charge in [-0.2, -0.15) is 0 Å². The lowest BCUT2D eigenvalue weighted by atomic mass is 10.2. The van der Waals surface area contributed by atoms with Crippen LogP contribution in [0.3, 0.4) is 0 Å². The molecule has 0 atom stereocenters. The van der Waals surface area contributed by atoms with Crippen molar-refractivity contribution in [1.29, 1.82) is 5.41 Å². The monoisotopic (exact) mass is 294 g/mol. The highest BCUT2D eigenvalue weighted by Gasteiger charge is 2.18. The summed E-state index contributed by atoms with van der Waals surface area (Å²) in [6, 6.07) is 8.04. The first-order valence-corrected chi connectivity index (χ1v) is 7.59. The van der Waals surface area contributed by atoms with Crippen molar-refractivity contribution in [2.24, 2.45) is 5.73 Å². The van der Waals surface area contributed by atoms with Gasteiger partial charge in [-0.05, 0) is 31.5 Å². The zero-order valence-electron chi connectivity index (χ0n) is 11.8. The molecule has 0 bridgehead atoms. The Bertz CT molecular complexity index is 441. The van der Waals surface area contributed by atoms with Crippen LogP contribution in [0.25, 0.3) is 0 Å². The Morgan fingerprint density at radius 2 is 1.85 bits per heavy atom. The van der Waals surface area contributed by atoms with Gasteiger partial charge in [-0.25, -0.2) is 0 Å². The normalized spacial score (nSPS) is 16.4. The van der Waals surface area contributed by atoms with E-state index in [9.17, 15) is 0 Å². The second-order valence-electron chi connectivity index (χ2n) is 5.26. The number of nitrogens with two attached hydrogens (primary N) is 1. The number of benzene rings is 1. The minimum absolute atomic E-state index is 0.300. The fourth-order valence-electron chi connectivity index (χ4n) is 2.57. The lowest BCUT2D eigenvalue weighted by Crippen LogP contribution is -2.46. The largest absolute Gasteiger partial charge is 0.388 e. The zero-order chi connectivity index (χ0) is 14.4. The molecule has 20 heavy (non-hydrogen) atoms. The predicted octanol–water partition coefficient (Wildman–Crippen LogP) is 2.57. The van der Waals surface area contributed by atoms with Gasteiger partial charge < -0.3 is 10.6 Å². The number of para-hydroxylation sites is 1. The van der Waals surface area contributed by atoms with Crippen molar-refractivity contribution in [3.05, 3.63) is 29.3 Å². The molecule has 1 aliphatic heterocycles. The van der Waals surface area contributed by atoms with E-state index >= 15 is 0 Å². The van der Waals surface area contributed by atoms with Gasteiger partial charge in [0.2, 0.25) is 0 Å². The number of halogens is 1. The van der Waals surface area contributed by atoms with E-state index in [1.807, 2.05) is 18.2 Å². The minimum Gasteiger partial charge on any atom is -0.388 e. The second-order valence-corrected chi connectivity index (χ2v) is 5.67. The molecule has 0 saturated carbocycles. The first-order valence-electron chi connectivity index (χ1n) is 7.21. The molecule has 5 heteroatoms. The molecule has 3 N–H and O–H groups in total. The maximum Gasteiger partial charge on any atom is 0.0905 e. The lowest BCUT2D eigenvalue weighted by molar-refractivity contribution is 0.253. The van der Waals surface area contributed by atoms with Gasteiger partial charge in [-0.15, -0.1) is 0 Å². The summed E-state index contributed by atoms with van der Waals surface area (Å²) in [4.78, 5) is 4.84. The smallest absolute Gasteiger partial charge is 0.0905 e. The molecule has 0 unspecified atom stereocenters. The SMILES string of the molecule is N=C(N)CCCCN1CCN(c2ccccc2Cl)CC1. The van der Waals surface area contributed by atoms with Gasteiger partial charge in [0.25, 0.3) is 0 Å². The highest BCUT2D eigenvalue weighted by atomic mass is 35.5. The van der Waals surface area contributed by atoms with E-state index in [2.05, 4.69) is 15.9 Å². The predicted molar refractivity (Wildman–Crippen MR) is 85.9 cm³/mol. The highest BCUT2D eigenvalue weighted by molar-refractivity contribution is 6.33. The van der Waals surface area contributed by atoms with E-state index in [4.69, 9.17) is 22.7 Å². The average Bonchev–Trinajstić information content (AvgIpc) is 2.45. The summed E-state index contributed by atoms with van der Waals surface area (Å²) >= 11 is 6.24. The molecule has 1 aromatic carbocycles. The third kappa shape index (κ3) is 4.39. The number of rotatable bonds is 6. The van der Waals surface area contributed by atoms with Crippen LogP contribution >= 0.6 is 11.6 Å². The molecule has 2 rings (SSSR count). The Morgan fingerprint density at radius 1 is 1.15 bits per heavy atom. The van der Waals surface area contributed by atoms with Crippen LogP contribution in [-0.2, 0) is 0 Å². The number of anilines is 1. The molecule has 1 aliphatic rings. The first-order chi connectivity index (χ1) is 9.66. The molecule has 4 nitrogen and oxygen atoms in total. The van der Waals surface area contributed by atoms with Crippen LogP contribution in [0.15, 0.2) is 24.3 Å². The summed E-state index contributed by atoms with van der Waals surface area (Å²) in [5.74, 6) is 0.300. The van der Waals surface area contributed by atoms with Gasteiger partial charge in [-0.1, -0.05) is 23.7 Å². The van der Waals surface area contributed by atoms with Crippen LogP contribution in [0.1, 0.15) is 19.3 Å². The molecule has 1 fully saturated rings. The quantitative estimate of drug-likeness (QED) is 0.482. The van der Waals surface area contributed by atoms with Crippen LogP contribution < -0.4 is 10.6 Å². The van der Waals surface area contributed by atoms with E-state index < -0.39 is 0 Å².